The summed E-state index contributed by atoms with van der Waals surface area (Å²) in [5.74, 6) is 0. The van der Waals surface area contributed by atoms with Gasteiger partial charge in [0.2, 0.25) is 0 Å². The van der Waals surface area contributed by atoms with Crippen LogP contribution in [0.1, 0.15) is 31.9 Å². The number of aromatic nitrogens is 3. The molecule has 142 valence electrons. The van der Waals surface area contributed by atoms with E-state index in [0.29, 0.717) is 0 Å². The number of benzene rings is 3. The van der Waals surface area contributed by atoms with Crippen molar-refractivity contribution in [1.82, 2.24) is 14.4 Å². The van der Waals surface area contributed by atoms with Gasteiger partial charge in [0.05, 0.1) is 33.0 Å². The van der Waals surface area contributed by atoms with Gasteiger partial charge in [0, 0.05) is 16.2 Å². The lowest BCUT2D eigenvalue weighted by atomic mass is 9.87. The van der Waals surface area contributed by atoms with Crippen molar-refractivity contribution in [2.45, 2.75) is 34.1 Å². The van der Waals surface area contributed by atoms with Crippen LogP contribution in [0.2, 0.25) is 0 Å². The molecule has 29 heavy (non-hydrogen) atoms. The molecule has 0 aliphatic rings. The number of aryl methyl sites for hydroxylation is 1. The Balaban J connectivity index is 1.94. The largest absolute Gasteiger partial charge is 0.308 e. The van der Waals surface area contributed by atoms with Gasteiger partial charge in [0.1, 0.15) is 6.33 Å². The van der Waals surface area contributed by atoms with Crippen LogP contribution in [0.5, 0.6) is 0 Å². The second-order valence-electron chi connectivity index (χ2n) is 9.53. The van der Waals surface area contributed by atoms with Crippen LogP contribution >= 0.6 is 0 Å². The van der Waals surface area contributed by atoms with Crippen LogP contribution in [0.25, 0.3) is 49.1 Å². The molecule has 0 unspecified atom stereocenters. The van der Waals surface area contributed by atoms with Crippen molar-refractivity contribution in [3.05, 3.63) is 66.0 Å². The minimum absolute atomic E-state index is 0.216. The second-order valence-corrected chi connectivity index (χ2v) is 9.53. The quantitative estimate of drug-likeness (QED) is 0.236. The molecule has 3 aromatic heterocycles. The number of hydrogen-bond donors (Lipinski definition) is 0. The van der Waals surface area contributed by atoms with Gasteiger partial charge in [-0.05, 0) is 60.2 Å². The van der Waals surface area contributed by atoms with Crippen LogP contribution in [0.15, 0.2) is 54.9 Å². The predicted octanol–water partition coefficient (Wildman–Crippen LogP) is 6.68. The first-order valence-corrected chi connectivity index (χ1v) is 10.2. The molecule has 0 saturated carbocycles. The fourth-order valence-electron chi connectivity index (χ4n) is 4.99. The topological polar surface area (TPSA) is 30.2 Å². The number of pyridine rings is 1. The first kappa shape index (κ1) is 16.7. The van der Waals surface area contributed by atoms with Gasteiger partial charge in [-0.3, -0.25) is 0 Å². The first-order chi connectivity index (χ1) is 13.9. The molecule has 0 fully saturated rings. The summed E-state index contributed by atoms with van der Waals surface area (Å²) in [7, 11) is 0. The maximum Gasteiger partial charge on any atom is 0.116 e. The standard InChI is InChI=1S/C26H23N3/c1-15-9-18-17-7-5-6-8-21(17)29-22-12-16(13-26(2,3)4)11-20-23(22)24(28-14-27-20)19(10-15)25(18)29/h5-12,14H,13H2,1-4H3. The monoisotopic (exact) mass is 377 g/mol. The molecule has 0 N–H and O–H groups in total. The zero-order chi connectivity index (χ0) is 19.9. The molecule has 6 rings (SSSR count). The maximum absolute atomic E-state index is 4.75. The number of hydrogen-bond acceptors (Lipinski definition) is 2. The van der Waals surface area contributed by atoms with Gasteiger partial charge in [-0.25, -0.2) is 9.97 Å². The Morgan fingerprint density at radius 3 is 2.48 bits per heavy atom. The molecule has 0 atom stereocenters. The predicted molar refractivity (Wildman–Crippen MR) is 122 cm³/mol. The normalized spacial score (nSPS) is 13.0. The third kappa shape index (κ3) is 2.30. The Morgan fingerprint density at radius 1 is 0.862 bits per heavy atom. The summed E-state index contributed by atoms with van der Waals surface area (Å²) < 4.78 is 2.43. The van der Waals surface area contributed by atoms with Crippen molar-refractivity contribution in [3.8, 4) is 0 Å². The molecule has 0 spiro atoms. The Morgan fingerprint density at radius 2 is 1.66 bits per heavy atom. The number of nitrogens with zero attached hydrogens (tertiary/aromatic N) is 3. The average molecular weight is 377 g/mol. The highest BCUT2D eigenvalue weighted by molar-refractivity contribution is 6.25. The summed E-state index contributed by atoms with van der Waals surface area (Å²) in [6, 6.07) is 17.9. The van der Waals surface area contributed by atoms with Crippen LogP contribution in [0, 0.1) is 12.3 Å². The van der Waals surface area contributed by atoms with Crippen molar-refractivity contribution in [1.29, 1.82) is 0 Å². The molecule has 3 aromatic carbocycles. The Bertz CT molecular complexity index is 1560. The van der Waals surface area contributed by atoms with Gasteiger partial charge in [0.15, 0.2) is 0 Å². The van der Waals surface area contributed by atoms with E-state index in [1.807, 2.05) is 0 Å². The molecule has 0 saturated heterocycles. The van der Waals surface area contributed by atoms with Crippen molar-refractivity contribution in [2.75, 3.05) is 0 Å². The van der Waals surface area contributed by atoms with E-state index in [2.05, 4.69) is 85.6 Å². The Labute approximate surface area is 169 Å². The average Bonchev–Trinajstić information content (AvgIpc) is 2.99. The minimum Gasteiger partial charge on any atom is -0.308 e. The van der Waals surface area contributed by atoms with E-state index in [4.69, 9.17) is 4.98 Å². The second kappa shape index (κ2) is 5.44. The summed E-state index contributed by atoms with van der Waals surface area (Å²) >= 11 is 0. The highest BCUT2D eigenvalue weighted by Crippen LogP contribution is 2.40. The summed E-state index contributed by atoms with van der Waals surface area (Å²) in [6.07, 6.45) is 2.73. The third-order valence-electron chi connectivity index (χ3n) is 5.92. The molecule has 3 heteroatoms. The smallest absolute Gasteiger partial charge is 0.116 e. The van der Waals surface area contributed by atoms with Crippen molar-refractivity contribution in [2.24, 2.45) is 5.41 Å². The van der Waals surface area contributed by atoms with Crippen molar-refractivity contribution >= 4 is 49.1 Å². The lowest BCUT2D eigenvalue weighted by Gasteiger charge is -2.20. The molecule has 0 amide bonds. The molecular formula is C26H23N3. The van der Waals surface area contributed by atoms with Gasteiger partial charge in [0.25, 0.3) is 0 Å². The van der Waals surface area contributed by atoms with Crippen LogP contribution in [0.4, 0.5) is 0 Å². The van der Waals surface area contributed by atoms with Crippen LogP contribution in [-0.4, -0.2) is 14.4 Å². The lowest BCUT2D eigenvalue weighted by Crippen LogP contribution is -2.09. The molecule has 0 aliphatic carbocycles. The highest BCUT2D eigenvalue weighted by Gasteiger charge is 2.20. The summed E-state index contributed by atoms with van der Waals surface area (Å²) in [6.45, 7) is 9.03. The van der Waals surface area contributed by atoms with Gasteiger partial charge >= 0.3 is 0 Å². The van der Waals surface area contributed by atoms with Gasteiger partial charge in [-0.15, -0.1) is 0 Å². The Hall–Kier alpha value is -3.20. The van der Waals surface area contributed by atoms with E-state index in [-0.39, 0.29) is 5.41 Å². The van der Waals surface area contributed by atoms with E-state index < -0.39 is 0 Å². The van der Waals surface area contributed by atoms with Gasteiger partial charge in [-0.1, -0.05) is 39.0 Å². The Kier molecular flexibility index (Phi) is 3.14. The van der Waals surface area contributed by atoms with Gasteiger partial charge in [-0.2, -0.15) is 0 Å². The minimum atomic E-state index is 0.216. The lowest BCUT2D eigenvalue weighted by molar-refractivity contribution is 0.411. The molecule has 3 nitrogen and oxygen atoms in total. The number of rotatable bonds is 1. The van der Waals surface area contributed by atoms with E-state index in [0.717, 1.165) is 22.8 Å². The molecular weight excluding hydrogens is 354 g/mol. The van der Waals surface area contributed by atoms with Crippen LogP contribution in [0.3, 0.4) is 0 Å². The fraction of sp³-hybridized carbons (Fsp3) is 0.231. The SMILES string of the molecule is Cc1cc2c3ccccc3n3c4cc(CC(C)(C)C)cc5ncnc(c(c1)c23)c54. The van der Waals surface area contributed by atoms with Crippen LogP contribution < -0.4 is 0 Å². The van der Waals surface area contributed by atoms with Crippen molar-refractivity contribution in [3.63, 3.8) is 0 Å². The van der Waals surface area contributed by atoms with Crippen LogP contribution in [-0.2, 0) is 6.42 Å². The van der Waals surface area contributed by atoms with E-state index >= 15 is 0 Å². The summed E-state index contributed by atoms with van der Waals surface area (Å²) in [5, 5.41) is 4.96. The number of para-hydroxylation sites is 1. The molecule has 3 heterocycles. The summed E-state index contributed by atoms with van der Waals surface area (Å²) in [5.41, 5.74) is 8.60. The van der Waals surface area contributed by atoms with Crippen molar-refractivity contribution < 1.29 is 0 Å². The molecule has 6 aromatic rings. The molecule has 0 bridgehead atoms. The molecule has 0 aliphatic heterocycles. The van der Waals surface area contributed by atoms with E-state index in [1.54, 1.807) is 6.33 Å². The summed E-state index contributed by atoms with van der Waals surface area (Å²) in [4.78, 5) is 9.43. The third-order valence-corrected chi connectivity index (χ3v) is 5.92. The zero-order valence-electron chi connectivity index (χ0n) is 17.2. The number of fused-ring (bicyclic) bond motifs is 5. The zero-order valence-corrected chi connectivity index (χ0v) is 17.2. The van der Waals surface area contributed by atoms with Gasteiger partial charge < -0.3 is 4.40 Å². The molecule has 0 radical (unpaired) electrons. The highest BCUT2D eigenvalue weighted by atomic mass is 14.9. The maximum atomic E-state index is 4.75. The van der Waals surface area contributed by atoms with E-state index in [1.165, 1.54) is 43.8 Å². The fourth-order valence-corrected chi connectivity index (χ4v) is 4.99. The van der Waals surface area contributed by atoms with E-state index in [9.17, 15) is 0 Å². The first-order valence-electron chi connectivity index (χ1n) is 10.2.